The number of pyridine rings is 1. The molecule has 1 saturated carbocycles. The number of amides is 1. The maximum atomic E-state index is 12.8. The Kier molecular flexibility index (Phi) is 6.85. The maximum Gasteiger partial charge on any atom is 0.225 e. The van der Waals surface area contributed by atoms with Crippen LogP contribution in [-0.4, -0.2) is 46.9 Å². The molecule has 1 aromatic rings. The third-order valence-corrected chi connectivity index (χ3v) is 5.97. The summed E-state index contributed by atoms with van der Waals surface area (Å²) in [6, 6.07) is 4.12. The minimum absolute atomic E-state index is 0.294. The fraction of sp³-hybridized carbons (Fsp3) is 0.714. The van der Waals surface area contributed by atoms with Gasteiger partial charge in [0.1, 0.15) is 0 Å². The average molecular weight is 344 g/mol. The van der Waals surface area contributed by atoms with Gasteiger partial charge < -0.3 is 4.90 Å². The van der Waals surface area contributed by atoms with Crippen molar-refractivity contribution in [3.8, 4) is 0 Å². The fourth-order valence-electron chi connectivity index (χ4n) is 4.33. The molecular formula is C21H33N3O. The molecule has 0 atom stereocenters. The summed E-state index contributed by atoms with van der Waals surface area (Å²) >= 11 is 0. The Labute approximate surface area is 152 Å². The lowest BCUT2D eigenvalue weighted by molar-refractivity contribution is -0.138. The van der Waals surface area contributed by atoms with E-state index in [1.807, 2.05) is 18.5 Å². The zero-order valence-electron chi connectivity index (χ0n) is 15.7. The molecule has 0 bridgehead atoms. The van der Waals surface area contributed by atoms with E-state index >= 15 is 0 Å². The van der Waals surface area contributed by atoms with Gasteiger partial charge in [0.2, 0.25) is 5.91 Å². The Morgan fingerprint density at radius 2 is 1.92 bits per heavy atom. The Morgan fingerprint density at radius 1 is 1.16 bits per heavy atom. The number of piperazine rings is 1. The topological polar surface area (TPSA) is 36.4 Å². The zero-order chi connectivity index (χ0) is 17.5. The van der Waals surface area contributed by atoms with Crippen molar-refractivity contribution in [2.24, 2.45) is 11.8 Å². The highest BCUT2D eigenvalue weighted by atomic mass is 16.2. The Morgan fingerprint density at radius 3 is 2.56 bits per heavy atom. The van der Waals surface area contributed by atoms with E-state index < -0.39 is 0 Å². The van der Waals surface area contributed by atoms with E-state index in [2.05, 4.69) is 27.8 Å². The van der Waals surface area contributed by atoms with Crippen molar-refractivity contribution in [1.29, 1.82) is 0 Å². The zero-order valence-corrected chi connectivity index (χ0v) is 15.7. The number of rotatable bonds is 6. The van der Waals surface area contributed by atoms with Crippen molar-refractivity contribution in [3.63, 3.8) is 0 Å². The minimum Gasteiger partial charge on any atom is -0.340 e. The normalized spacial score (nSPS) is 25.1. The summed E-state index contributed by atoms with van der Waals surface area (Å²) < 4.78 is 0. The highest BCUT2D eigenvalue weighted by Gasteiger charge is 2.30. The number of hydrogen-bond donors (Lipinski definition) is 0. The van der Waals surface area contributed by atoms with Gasteiger partial charge in [-0.2, -0.15) is 0 Å². The second-order valence-corrected chi connectivity index (χ2v) is 7.82. The highest BCUT2D eigenvalue weighted by molar-refractivity contribution is 5.79. The molecule has 138 valence electrons. The first-order chi connectivity index (χ1) is 12.3. The van der Waals surface area contributed by atoms with Crippen LogP contribution in [0.25, 0.3) is 0 Å². The number of carbonyl (C=O) groups excluding carboxylic acids is 1. The molecule has 4 nitrogen and oxygen atoms in total. The van der Waals surface area contributed by atoms with Crippen LogP contribution >= 0.6 is 0 Å². The van der Waals surface area contributed by atoms with Crippen LogP contribution in [0.2, 0.25) is 0 Å². The van der Waals surface area contributed by atoms with Gasteiger partial charge in [0, 0.05) is 51.0 Å². The van der Waals surface area contributed by atoms with Crippen LogP contribution in [0.1, 0.15) is 57.4 Å². The first-order valence-electron chi connectivity index (χ1n) is 10.2. The predicted molar refractivity (Wildman–Crippen MR) is 101 cm³/mol. The fourth-order valence-corrected chi connectivity index (χ4v) is 4.33. The van der Waals surface area contributed by atoms with Crippen molar-refractivity contribution in [3.05, 3.63) is 30.1 Å². The minimum atomic E-state index is 0.294. The second kappa shape index (κ2) is 9.33. The Hall–Kier alpha value is -1.42. The Balaban J connectivity index is 1.40. The van der Waals surface area contributed by atoms with E-state index in [1.54, 1.807) is 0 Å². The lowest BCUT2D eigenvalue weighted by atomic mass is 9.79. The van der Waals surface area contributed by atoms with Crippen molar-refractivity contribution >= 4 is 5.91 Å². The average Bonchev–Trinajstić information content (AvgIpc) is 2.68. The van der Waals surface area contributed by atoms with Crippen molar-refractivity contribution < 1.29 is 4.79 Å². The summed E-state index contributed by atoms with van der Waals surface area (Å²) in [5.74, 6) is 1.60. The quantitative estimate of drug-likeness (QED) is 0.790. The first kappa shape index (κ1) is 18.4. The standard InChI is InChI=1S/C21H33N3O/c1-2-3-5-18-7-9-20(10-8-18)21(25)24-14-12-23(13-15-24)17-19-6-4-11-22-16-19/h4,6,11,16,18,20H,2-3,5,7-10,12-15,17H2,1H3. The molecule has 0 N–H and O–H groups in total. The van der Waals surface area contributed by atoms with E-state index in [0.717, 1.165) is 51.5 Å². The van der Waals surface area contributed by atoms with Gasteiger partial charge in [0.25, 0.3) is 0 Å². The largest absolute Gasteiger partial charge is 0.340 e. The molecular weight excluding hydrogens is 310 g/mol. The smallest absolute Gasteiger partial charge is 0.225 e. The molecule has 3 rings (SSSR count). The molecule has 2 fully saturated rings. The van der Waals surface area contributed by atoms with Crippen LogP contribution in [0.15, 0.2) is 24.5 Å². The summed E-state index contributed by atoms with van der Waals surface area (Å²) in [6.07, 6.45) is 12.5. The first-order valence-corrected chi connectivity index (χ1v) is 10.2. The van der Waals surface area contributed by atoms with Gasteiger partial charge in [-0.15, -0.1) is 0 Å². The van der Waals surface area contributed by atoms with E-state index in [1.165, 1.54) is 37.7 Å². The van der Waals surface area contributed by atoms with Crippen LogP contribution in [0.3, 0.4) is 0 Å². The van der Waals surface area contributed by atoms with Crippen LogP contribution in [0.5, 0.6) is 0 Å². The number of aromatic nitrogens is 1. The van der Waals surface area contributed by atoms with Gasteiger partial charge in [-0.05, 0) is 43.2 Å². The van der Waals surface area contributed by atoms with Gasteiger partial charge in [-0.1, -0.05) is 32.3 Å². The maximum absolute atomic E-state index is 12.8. The van der Waals surface area contributed by atoms with Gasteiger partial charge in [0.05, 0.1) is 0 Å². The summed E-state index contributed by atoms with van der Waals surface area (Å²) in [5.41, 5.74) is 1.26. The molecule has 4 heteroatoms. The molecule has 0 unspecified atom stereocenters. The molecule has 2 heterocycles. The summed E-state index contributed by atoms with van der Waals surface area (Å²) in [4.78, 5) is 21.6. The third kappa shape index (κ3) is 5.27. The number of nitrogens with zero attached hydrogens (tertiary/aromatic N) is 3. The Bertz CT molecular complexity index is 517. The van der Waals surface area contributed by atoms with E-state index in [0.29, 0.717) is 11.8 Å². The second-order valence-electron chi connectivity index (χ2n) is 7.82. The lowest BCUT2D eigenvalue weighted by Crippen LogP contribution is -2.50. The molecule has 1 saturated heterocycles. The van der Waals surface area contributed by atoms with Gasteiger partial charge in [0.15, 0.2) is 0 Å². The molecule has 1 aliphatic heterocycles. The monoisotopic (exact) mass is 343 g/mol. The molecule has 1 amide bonds. The van der Waals surface area contributed by atoms with Crippen LogP contribution in [0, 0.1) is 11.8 Å². The van der Waals surface area contributed by atoms with Gasteiger partial charge >= 0.3 is 0 Å². The summed E-state index contributed by atoms with van der Waals surface area (Å²) in [6.45, 7) is 6.93. The lowest BCUT2D eigenvalue weighted by Gasteiger charge is -2.38. The molecule has 0 spiro atoms. The SMILES string of the molecule is CCCCC1CCC(C(=O)N2CCN(Cc3cccnc3)CC2)CC1. The summed E-state index contributed by atoms with van der Waals surface area (Å²) in [7, 11) is 0. The number of hydrogen-bond acceptors (Lipinski definition) is 3. The van der Waals surface area contributed by atoms with Crippen molar-refractivity contribution in [2.45, 2.75) is 58.4 Å². The molecule has 2 aliphatic rings. The van der Waals surface area contributed by atoms with Crippen LogP contribution < -0.4 is 0 Å². The highest BCUT2D eigenvalue weighted by Crippen LogP contribution is 2.33. The number of carbonyl (C=O) groups is 1. The van der Waals surface area contributed by atoms with Gasteiger partial charge in [-0.25, -0.2) is 0 Å². The molecule has 1 aliphatic carbocycles. The number of unbranched alkanes of at least 4 members (excludes halogenated alkanes) is 1. The van der Waals surface area contributed by atoms with E-state index in [-0.39, 0.29) is 0 Å². The summed E-state index contributed by atoms with van der Waals surface area (Å²) in [5, 5.41) is 0. The molecule has 25 heavy (non-hydrogen) atoms. The third-order valence-electron chi connectivity index (χ3n) is 5.97. The van der Waals surface area contributed by atoms with Crippen molar-refractivity contribution in [1.82, 2.24) is 14.8 Å². The molecule has 0 radical (unpaired) electrons. The predicted octanol–water partition coefficient (Wildman–Crippen LogP) is 3.72. The van der Waals surface area contributed by atoms with Crippen LogP contribution in [0.4, 0.5) is 0 Å². The van der Waals surface area contributed by atoms with E-state index in [4.69, 9.17) is 0 Å². The molecule has 1 aromatic heterocycles. The molecule has 0 aromatic carbocycles. The van der Waals surface area contributed by atoms with Gasteiger partial charge in [-0.3, -0.25) is 14.7 Å². The van der Waals surface area contributed by atoms with Crippen LogP contribution in [-0.2, 0) is 11.3 Å². The van der Waals surface area contributed by atoms with E-state index in [9.17, 15) is 4.79 Å². The van der Waals surface area contributed by atoms with Crippen molar-refractivity contribution in [2.75, 3.05) is 26.2 Å².